The van der Waals surface area contributed by atoms with Gasteiger partial charge in [0.25, 0.3) is 0 Å². The molecule has 0 saturated carbocycles. The highest BCUT2D eigenvalue weighted by Crippen LogP contribution is 2.35. The summed E-state index contributed by atoms with van der Waals surface area (Å²) in [5.41, 5.74) is 4.52. The number of rotatable bonds is 8. The lowest BCUT2D eigenvalue weighted by Gasteiger charge is -2.42. The van der Waals surface area contributed by atoms with Crippen LogP contribution in [0.5, 0.6) is 6.01 Å². The van der Waals surface area contributed by atoms with Gasteiger partial charge in [-0.1, -0.05) is 48.5 Å². The Morgan fingerprint density at radius 2 is 1.92 bits per heavy atom. The molecule has 3 aromatic rings. The van der Waals surface area contributed by atoms with Crippen LogP contribution in [0.2, 0.25) is 0 Å². The van der Waals surface area contributed by atoms with Gasteiger partial charge in [-0.2, -0.15) is 14.9 Å². The largest absolute Gasteiger partial charge is 0.464 e. The summed E-state index contributed by atoms with van der Waals surface area (Å²) in [4.78, 5) is 40.0. The van der Waals surface area contributed by atoms with Crippen molar-refractivity contribution in [3.63, 3.8) is 0 Å². The molecular formula is C30H36N6O3. The van der Waals surface area contributed by atoms with Gasteiger partial charge in [-0.25, -0.2) is 0 Å². The number of carbonyl (C=O) groups excluding carboxylic acids is 1. The summed E-state index contributed by atoms with van der Waals surface area (Å²) < 4.78 is 5.80. The normalized spacial score (nSPS) is 17.5. The Morgan fingerprint density at radius 1 is 1.10 bits per heavy atom. The van der Waals surface area contributed by atoms with E-state index in [4.69, 9.17) is 14.7 Å². The van der Waals surface area contributed by atoms with Crippen molar-refractivity contribution in [1.29, 1.82) is 0 Å². The fourth-order valence-electron chi connectivity index (χ4n) is 5.71. The number of hydrogen-bond donors (Lipinski definition) is 0. The molecule has 2 aromatic carbocycles. The van der Waals surface area contributed by atoms with Crippen LogP contribution in [0.1, 0.15) is 37.1 Å². The molecule has 1 aromatic heterocycles. The van der Waals surface area contributed by atoms with Crippen LogP contribution in [0.3, 0.4) is 0 Å². The topological polar surface area (TPSA) is 91.2 Å². The number of fused-ring (bicyclic) bond motifs is 2. The second kappa shape index (κ2) is 11.8. The van der Waals surface area contributed by atoms with Crippen LogP contribution in [0, 0.1) is 11.8 Å². The highest BCUT2D eigenvalue weighted by Gasteiger charge is 2.33. The van der Waals surface area contributed by atoms with Crippen LogP contribution in [0.4, 0.5) is 11.5 Å². The van der Waals surface area contributed by atoms with Crippen LogP contribution < -0.4 is 14.5 Å². The molecule has 2 aliphatic heterocycles. The summed E-state index contributed by atoms with van der Waals surface area (Å²) >= 11 is 0. The number of nitrogens with zero attached hydrogens (tertiary/aromatic N) is 6. The molecule has 1 atom stereocenters. The van der Waals surface area contributed by atoms with Gasteiger partial charge in [-0.3, -0.25) is 4.79 Å². The number of aromatic nitrogens is 2. The number of anilines is 2. The second-order valence-electron chi connectivity index (χ2n) is 10.1. The zero-order valence-electron chi connectivity index (χ0n) is 23.0. The molecule has 1 saturated heterocycles. The van der Waals surface area contributed by atoms with Crippen molar-refractivity contribution < 1.29 is 9.53 Å². The Balaban J connectivity index is 1.47. The minimum Gasteiger partial charge on any atom is -0.464 e. The molecule has 0 spiro atoms. The first-order valence-electron chi connectivity index (χ1n) is 13.8. The average molecular weight is 529 g/mol. The van der Waals surface area contributed by atoms with Crippen molar-refractivity contribution in [2.24, 2.45) is 5.18 Å². The van der Waals surface area contributed by atoms with E-state index in [0.29, 0.717) is 38.8 Å². The van der Waals surface area contributed by atoms with E-state index in [-0.39, 0.29) is 18.5 Å². The Bertz CT molecular complexity index is 1390. The zero-order chi connectivity index (χ0) is 27.4. The van der Waals surface area contributed by atoms with E-state index >= 15 is 0 Å². The molecule has 5 rings (SSSR count). The van der Waals surface area contributed by atoms with Crippen molar-refractivity contribution in [1.82, 2.24) is 14.9 Å². The van der Waals surface area contributed by atoms with Crippen LogP contribution in [-0.2, 0) is 17.8 Å². The van der Waals surface area contributed by atoms with Gasteiger partial charge in [0.2, 0.25) is 5.91 Å². The van der Waals surface area contributed by atoms with Gasteiger partial charge >= 0.3 is 6.01 Å². The molecule has 204 valence electrons. The molecule has 0 N–H and O–H groups in total. The molecule has 9 heteroatoms. The Morgan fingerprint density at radius 3 is 2.69 bits per heavy atom. The standard InChI is InChI=1S/C30H36N6O3/c1-4-6-13-27(37)36-17-16-35(19-23(36)18-31-38)29-24-14-15-34(20-25(24)32-30(33-29)39-5-2)26-12-8-11-22-10-7-9-21(3)28(22)26/h6-13,23H,4-5,14-20H2,1-3H3/b13-6+/t23-/m0/s1. The molecule has 9 nitrogen and oxygen atoms in total. The van der Waals surface area contributed by atoms with Crippen LogP contribution in [0.15, 0.2) is 53.7 Å². The maximum atomic E-state index is 12.8. The lowest BCUT2D eigenvalue weighted by Crippen LogP contribution is -2.56. The van der Waals surface area contributed by atoms with Gasteiger partial charge in [0.1, 0.15) is 12.4 Å². The van der Waals surface area contributed by atoms with Crippen molar-refractivity contribution in [3.05, 3.63) is 70.3 Å². The number of piperazine rings is 1. The van der Waals surface area contributed by atoms with Crippen molar-refractivity contribution in [2.45, 2.75) is 46.2 Å². The summed E-state index contributed by atoms with van der Waals surface area (Å²) in [6, 6.07) is 12.9. The molecule has 2 aliphatic rings. The quantitative estimate of drug-likeness (QED) is 0.310. The summed E-state index contributed by atoms with van der Waals surface area (Å²) in [6.07, 6.45) is 5.01. The van der Waals surface area contributed by atoms with Gasteiger partial charge in [-0.05, 0) is 49.8 Å². The minimum atomic E-state index is -0.315. The molecule has 0 radical (unpaired) electrons. The highest BCUT2D eigenvalue weighted by molar-refractivity contribution is 5.97. The van der Waals surface area contributed by atoms with Crippen LogP contribution in [-0.4, -0.2) is 66.1 Å². The minimum absolute atomic E-state index is 0.0437. The third-order valence-electron chi connectivity index (χ3n) is 7.57. The number of hydrogen-bond acceptors (Lipinski definition) is 8. The molecule has 0 unspecified atom stereocenters. The number of ether oxygens (including phenoxy) is 1. The molecule has 1 amide bonds. The lowest BCUT2D eigenvalue weighted by atomic mass is 9.99. The van der Waals surface area contributed by atoms with Crippen LogP contribution in [0.25, 0.3) is 10.8 Å². The summed E-state index contributed by atoms with van der Waals surface area (Å²) in [7, 11) is 0. The van der Waals surface area contributed by atoms with Gasteiger partial charge in [-0.15, -0.1) is 0 Å². The molecular weight excluding hydrogens is 492 g/mol. The van der Waals surface area contributed by atoms with Gasteiger partial charge in [0, 0.05) is 42.8 Å². The smallest absolute Gasteiger partial charge is 0.318 e. The highest BCUT2D eigenvalue weighted by atomic mass is 16.5. The summed E-state index contributed by atoms with van der Waals surface area (Å²) in [6.45, 7) is 9.66. The van der Waals surface area contributed by atoms with E-state index in [0.717, 1.165) is 36.5 Å². The van der Waals surface area contributed by atoms with Gasteiger partial charge < -0.3 is 19.4 Å². The van der Waals surface area contributed by atoms with Gasteiger partial charge in [0.05, 0.1) is 24.9 Å². The lowest BCUT2D eigenvalue weighted by molar-refractivity contribution is -0.128. The summed E-state index contributed by atoms with van der Waals surface area (Å²) in [5.74, 6) is 0.759. The SMILES string of the molecule is CC/C=C/C(=O)N1CCN(c2nc(OCC)nc3c2CCN(c2cccc4cccc(C)c24)C3)C[C@@H]1CN=O. The van der Waals surface area contributed by atoms with Crippen LogP contribution >= 0.6 is 0 Å². The third kappa shape index (κ3) is 5.44. The molecule has 3 heterocycles. The van der Waals surface area contributed by atoms with E-state index in [1.165, 1.54) is 22.0 Å². The first kappa shape index (κ1) is 26.6. The van der Waals surface area contributed by atoms with E-state index < -0.39 is 0 Å². The Hall–Kier alpha value is -4.01. The molecule has 0 bridgehead atoms. The van der Waals surface area contributed by atoms with E-state index in [9.17, 15) is 9.70 Å². The number of benzene rings is 2. The molecule has 1 fully saturated rings. The van der Waals surface area contributed by atoms with Crippen molar-refractivity contribution in [3.8, 4) is 6.01 Å². The Kier molecular flexibility index (Phi) is 8.05. The maximum Gasteiger partial charge on any atom is 0.318 e. The van der Waals surface area contributed by atoms with E-state index in [2.05, 4.69) is 58.3 Å². The Labute approximate surface area is 229 Å². The predicted octanol–water partition coefficient (Wildman–Crippen LogP) is 4.65. The number of carbonyl (C=O) groups is 1. The fourth-order valence-corrected chi connectivity index (χ4v) is 5.71. The van der Waals surface area contributed by atoms with E-state index in [1.807, 2.05) is 19.9 Å². The number of amides is 1. The fraction of sp³-hybridized carbons (Fsp3) is 0.433. The first-order valence-corrected chi connectivity index (χ1v) is 13.8. The summed E-state index contributed by atoms with van der Waals surface area (Å²) in [5, 5.41) is 5.65. The van der Waals surface area contributed by atoms with Crippen molar-refractivity contribution >= 4 is 28.2 Å². The zero-order valence-corrected chi connectivity index (χ0v) is 23.0. The second-order valence-corrected chi connectivity index (χ2v) is 10.1. The monoisotopic (exact) mass is 528 g/mol. The van der Waals surface area contributed by atoms with E-state index in [1.54, 1.807) is 11.0 Å². The molecule has 0 aliphatic carbocycles. The number of allylic oxidation sites excluding steroid dienone is 1. The molecule has 39 heavy (non-hydrogen) atoms. The maximum absolute atomic E-state index is 12.8. The number of nitroso groups, excluding NO2 is 1. The van der Waals surface area contributed by atoms with Crippen molar-refractivity contribution in [2.75, 3.05) is 49.1 Å². The third-order valence-corrected chi connectivity index (χ3v) is 7.57. The first-order chi connectivity index (χ1) is 19.0. The predicted molar refractivity (Wildman–Crippen MR) is 154 cm³/mol. The average Bonchev–Trinajstić information content (AvgIpc) is 2.95. The van der Waals surface area contributed by atoms with Gasteiger partial charge in [0.15, 0.2) is 0 Å². The number of aryl methyl sites for hydroxylation is 1.